The van der Waals surface area contributed by atoms with Crippen LogP contribution >= 0.6 is 11.3 Å². The molecule has 4 aromatic rings. The number of methoxy groups -OCH3 is 2. The van der Waals surface area contributed by atoms with Crippen LogP contribution in [0.2, 0.25) is 0 Å². The molecule has 1 saturated heterocycles. The number of amides is 1. The molecule has 5 rings (SSSR count). The molecule has 1 aliphatic heterocycles. The zero-order valence-corrected chi connectivity index (χ0v) is 21.0. The van der Waals surface area contributed by atoms with Gasteiger partial charge in [0.05, 0.1) is 41.6 Å². The quantitative estimate of drug-likeness (QED) is 0.172. The van der Waals surface area contributed by atoms with Gasteiger partial charge in [0.2, 0.25) is 0 Å². The van der Waals surface area contributed by atoms with Crippen LogP contribution in [-0.2, 0) is 14.3 Å². The number of hydrogen-bond acceptors (Lipinski definition) is 8. The third kappa shape index (κ3) is 4.23. The van der Waals surface area contributed by atoms with Gasteiger partial charge >= 0.3 is 11.9 Å². The van der Waals surface area contributed by atoms with Crippen molar-refractivity contribution in [2.24, 2.45) is 0 Å². The van der Waals surface area contributed by atoms with E-state index in [1.54, 1.807) is 48.5 Å². The summed E-state index contributed by atoms with van der Waals surface area (Å²) >= 11 is 1.28. The summed E-state index contributed by atoms with van der Waals surface area (Å²) in [4.78, 5) is 44.7. The van der Waals surface area contributed by atoms with E-state index in [-0.39, 0.29) is 11.3 Å². The van der Waals surface area contributed by atoms with E-state index in [0.29, 0.717) is 33.1 Å². The van der Waals surface area contributed by atoms with Crippen molar-refractivity contribution in [1.29, 1.82) is 0 Å². The number of Topliss-reactive ketones (excluding diaryl/α,β-unsaturated/α-hetero) is 1. The lowest BCUT2D eigenvalue weighted by atomic mass is 9.94. The Morgan fingerprint density at radius 1 is 1.00 bits per heavy atom. The summed E-state index contributed by atoms with van der Waals surface area (Å²) in [5.41, 5.74) is 2.81. The summed E-state index contributed by atoms with van der Waals surface area (Å²) in [5, 5.41) is 11.6. The number of aromatic nitrogens is 1. The Morgan fingerprint density at radius 3 is 2.46 bits per heavy atom. The molecular weight excluding hydrogens is 492 g/mol. The van der Waals surface area contributed by atoms with Gasteiger partial charge in [-0.15, -0.1) is 0 Å². The van der Waals surface area contributed by atoms with Crippen LogP contribution in [0.3, 0.4) is 0 Å². The Labute approximate surface area is 216 Å². The standard InChI is InChI=1S/C28H22N2O6S/c1-15-7-12-20-21(13-15)37-28(29-20)30-23(16-8-10-17(11-9-16)27(34)36-3)22(25(32)26(30)33)24(31)18-5-4-6-19(14-18)35-2/h4-14,23,31H,1-3H3. The Bertz CT molecular complexity index is 1590. The molecule has 0 saturated carbocycles. The van der Waals surface area contributed by atoms with E-state index >= 15 is 0 Å². The maximum absolute atomic E-state index is 13.4. The fourth-order valence-corrected chi connectivity index (χ4v) is 5.40. The fourth-order valence-electron chi connectivity index (χ4n) is 4.31. The van der Waals surface area contributed by atoms with E-state index < -0.39 is 23.7 Å². The summed E-state index contributed by atoms with van der Waals surface area (Å²) < 4.78 is 10.9. The summed E-state index contributed by atoms with van der Waals surface area (Å²) in [6, 6.07) is 17.7. The number of benzene rings is 3. The Balaban J connectivity index is 1.71. The number of carbonyl (C=O) groups excluding carboxylic acids is 3. The molecular formula is C28H22N2O6S. The number of thiazole rings is 1. The number of aliphatic hydroxyl groups excluding tert-OH is 1. The lowest BCUT2D eigenvalue weighted by molar-refractivity contribution is -0.132. The summed E-state index contributed by atoms with van der Waals surface area (Å²) in [7, 11) is 2.78. The second-order valence-electron chi connectivity index (χ2n) is 8.48. The van der Waals surface area contributed by atoms with Gasteiger partial charge in [-0.1, -0.05) is 41.7 Å². The third-order valence-corrected chi connectivity index (χ3v) is 7.19. The van der Waals surface area contributed by atoms with Crippen LogP contribution in [0.5, 0.6) is 5.75 Å². The van der Waals surface area contributed by atoms with Crippen molar-refractivity contribution in [2.75, 3.05) is 19.1 Å². The molecule has 1 atom stereocenters. The van der Waals surface area contributed by atoms with Crippen LogP contribution in [0, 0.1) is 6.92 Å². The van der Waals surface area contributed by atoms with Gasteiger partial charge in [0.25, 0.3) is 5.78 Å². The van der Waals surface area contributed by atoms with Gasteiger partial charge in [0.15, 0.2) is 5.13 Å². The Hall–Kier alpha value is -4.50. The van der Waals surface area contributed by atoms with E-state index in [9.17, 15) is 19.5 Å². The Morgan fingerprint density at radius 2 is 1.76 bits per heavy atom. The van der Waals surface area contributed by atoms with Crippen molar-refractivity contribution < 1.29 is 29.0 Å². The molecule has 0 bridgehead atoms. The van der Waals surface area contributed by atoms with Crippen molar-refractivity contribution in [3.63, 3.8) is 0 Å². The van der Waals surface area contributed by atoms with Crippen molar-refractivity contribution in [3.8, 4) is 5.75 Å². The molecule has 3 aromatic carbocycles. The first-order valence-corrected chi connectivity index (χ1v) is 12.1. The number of nitrogens with zero attached hydrogens (tertiary/aromatic N) is 2. The van der Waals surface area contributed by atoms with Crippen LogP contribution in [0.15, 0.2) is 72.3 Å². The smallest absolute Gasteiger partial charge is 0.337 e. The van der Waals surface area contributed by atoms with Crippen molar-refractivity contribution >= 4 is 50.1 Å². The third-order valence-electron chi connectivity index (χ3n) is 6.17. The van der Waals surface area contributed by atoms with Gasteiger partial charge in [0, 0.05) is 5.56 Å². The zero-order chi connectivity index (χ0) is 26.3. The molecule has 2 heterocycles. The van der Waals surface area contributed by atoms with Crippen LogP contribution in [0.1, 0.15) is 33.1 Å². The molecule has 1 N–H and O–H groups in total. The minimum absolute atomic E-state index is 0.0838. The minimum Gasteiger partial charge on any atom is -0.507 e. The number of aliphatic hydroxyl groups is 1. The highest BCUT2D eigenvalue weighted by Crippen LogP contribution is 2.44. The maximum Gasteiger partial charge on any atom is 0.337 e. The predicted molar refractivity (Wildman–Crippen MR) is 140 cm³/mol. The lowest BCUT2D eigenvalue weighted by Crippen LogP contribution is -2.29. The zero-order valence-electron chi connectivity index (χ0n) is 20.2. The fraction of sp³-hybridized carbons (Fsp3) is 0.143. The van der Waals surface area contributed by atoms with E-state index in [0.717, 1.165) is 10.3 Å². The van der Waals surface area contributed by atoms with Gasteiger partial charge in [-0.05, 0) is 54.4 Å². The summed E-state index contributed by atoms with van der Waals surface area (Å²) in [6.45, 7) is 1.96. The van der Waals surface area contributed by atoms with Crippen LogP contribution < -0.4 is 9.64 Å². The first-order valence-electron chi connectivity index (χ1n) is 11.3. The average molecular weight is 515 g/mol. The number of aryl methyl sites for hydroxylation is 1. The average Bonchev–Trinajstić information content (AvgIpc) is 3.45. The van der Waals surface area contributed by atoms with Crippen molar-refractivity contribution in [2.45, 2.75) is 13.0 Å². The maximum atomic E-state index is 13.4. The number of esters is 1. The van der Waals surface area contributed by atoms with Crippen molar-refractivity contribution in [1.82, 2.24) is 4.98 Å². The molecule has 1 unspecified atom stereocenters. The lowest BCUT2D eigenvalue weighted by Gasteiger charge is -2.23. The largest absolute Gasteiger partial charge is 0.507 e. The molecule has 9 heteroatoms. The van der Waals surface area contributed by atoms with E-state index in [2.05, 4.69) is 4.98 Å². The van der Waals surface area contributed by atoms with Crippen LogP contribution in [0.4, 0.5) is 5.13 Å². The SMILES string of the molecule is COC(=O)c1ccc(C2C(=C(O)c3cccc(OC)c3)C(=O)C(=O)N2c2nc3ccc(C)cc3s2)cc1. The molecule has 1 fully saturated rings. The second kappa shape index (κ2) is 9.51. The number of anilines is 1. The molecule has 8 nitrogen and oxygen atoms in total. The molecule has 0 spiro atoms. The number of ether oxygens (including phenoxy) is 2. The predicted octanol–water partition coefficient (Wildman–Crippen LogP) is 5.03. The second-order valence-corrected chi connectivity index (χ2v) is 9.49. The molecule has 186 valence electrons. The number of carbonyl (C=O) groups is 3. The minimum atomic E-state index is -0.973. The van der Waals surface area contributed by atoms with Crippen LogP contribution in [-0.4, -0.2) is 42.0 Å². The topological polar surface area (TPSA) is 106 Å². The van der Waals surface area contributed by atoms with E-state index in [1.807, 2.05) is 25.1 Å². The van der Waals surface area contributed by atoms with Gasteiger partial charge in [-0.25, -0.2) is 9.78 Å². The van der Waals surface area contributed by atoms with Gasteiger partial charge in [-0.3, -0.25) is 14.5 Å². The van der Waals surface area contributed by atoms with E-state index in [1.165, 1.54) is 30.5 Å². The number of rotatable bonds is 5. The highest BCUT2D eigenvalue weighted by molar-refractivity contribution is 7.22. The first kappa shape index (κ1) is 24.2. The highest BCUT2D eigenvalue weighted by Gasteiger charge is 2.48. The summed E-state index contributed by atoms with van der Waals surface area (Å²) in [6.07, 6.45) is 0. The summed E-state index contributed by atoms with van der Waals surface area (Å²) in [5.74, 6) is -2.00. The Kier molecular flexibility index (Phi) is 6.22. The number of ketones is 1. The molecule has 0 radical (unpaired) electrons. The molecule has 0 aliphatic carbocycles. The normalized spacial score (nSPS) is 16.8. The molecule has 37 heavy (non-hydrogen) atoms. The van der Waals surface area contributed by atoms with Gasteiger partial charge in [0.1, 0.15) is 11.5 Å². The van der Waals surface area contributed by atoms with Crippen molar-refractivity contribution in [3.05, 3.63) is 94.6 Å². The number of hydrogen-bond donors (Lipinski definition) is 1. The molecule has 1 amide bonds. The molecule has 1 aliphatic rings. The highest BCUT2D eigenvalue weighted by atomic mass is 32.1. The van der Waals surface area contributed by atoms with Gasteiger partial charge < -0.3 is 14.6 Å². The number of fused-ring (bicyclic) bond motifs is 1. The van der Waals surface area contributed by atoms with Crippen LogP contribution in [0.25, 0.3) is 16.0 Å². The monoisotopic (exact) mass is 514 g/mol. The molecule has 1 aromatic heterocycles. The first-order chi connectivity index (χ1) is 17.8. The van der Waals surface area contributed by atoms with E-state index in [4.69, 9.17) is 9.47 Å². The van der Waals surface area contributed by atoms with Gasteiger partial charge in [-0.2, -0.15) is 0 Å².